The Bertz CT molecular complexity index is 1080. The lowest BCUT2D eigenvalue weighted by atomic mass is 9.83. The van der Waals surface area contributed by atoms with E-state index >= 15 is 0 Å². The number of carbonyl (C=O) groups excluding carboxylic acids is 1. The maximum Gasteiger partial charge on any atom is 0.365 e. The second-order valence-electron chi connectivity index (χ2n) is 5.89. The van der Waals surface area contributed by atoms with Crippen molar-refractivity contribution in [2.24, 2.45) is 0 Å². The summed E-state index contributed by atoms with van der Waals surface area (Å²) in [5.41, 5.74) is 4.16. The SMILES string of the molecule is Cc1[nH]oc(=O)c1/C(=C1\C(=O)C=Cc2ccccc21)c1ccccc1. The van der Waals surface area contributed by atoms with Crippen molar-refractivity contribution in [2.45, 2.75) is 6.92 Å². The van der Waals surface area contributed by atoms with Crippen molar-refractivity contribution >= 4 is 23.0 Å². The number of nitrogens with one attached hydrogen (secondary N) is 1. The number of rotatable bonds is 2. The smallest absolute Gasteiger partial charge is 0.338 e. The average Bonchev–Trinajstić information content (AvgIpc) is 2.97. The first kappa shape index (κ1) is 15.1. The molecule has 0 atom stereocenters. The van der Waals surface area contributed by atoms with Gasteiger partial charge in [0.2, 0.25) is 0 Å². The van der Waals surface area contributed by atoms with E-state index in [0.29, 0.717) is 22.4 Å². The number of H-pyrrole nitrogens is 1. The van der Waals surface area contributed by atoms with Crippen LogP contribution in [-0.4, -0.2) is 10.9 Å². The number of hydrogen-bond donors (Lipinski definition) is 1. The van der Waals surface area contributed by atoms with Crippen LogP contribution in [0.2, 0.25) is 0 Å². The van der Waals surface area contributed by atoms with E-state index in [9.17, 15) is 9.59 Å². The molecule has 0 saturated carbocycles. The Labute approximate surface area is 144 Å². The highest BCUT2D eigenvalue weighted by molar-refractivity contribution is 6.36. The molecule has 122 valence electrons. The molecule has 25 heavy (non-hydrogen) atoms. The van der Waals surface area contributed by atoms with Crippen LogP contribution in [0.5, 0.6) is 0 Å². The molecule has 0 bridgehead atoms. The molecule has 2 aromatic carbocycles. The van der Waals surface area contributed by atoms with Crippen LogP contribution in [0.25, 0.3) is 17.2 Å². The number of fused-ring (bicyclic) bond motifs is 1. The van der Waals surface area contributed by atoms with Gasteiger partial charge in [0.15, 0.2) is 5.78 Å². The maximum absolute atomic E-state index is 12.8. The van der Waals surface area contributed by atoms with E-state index in [2.05, 4.69) is 5.16 Å². The maximum atomic E-state index is 12.8. The fourth-order valence-corrected chi connectivity index (χ4v) is 3.20. The van der Waals surface area contributed by atoms with Crippen LogP contribution >= 0.6 is 0 Å². The zero-order valence-corrected chi connectivity index (χ0v) is 13.6. The number of aromatic nitrogens is 1. The van der Waals surface area contributed by atoms with Crippen molar-refractivity contribution in [1.82, 2.24) is 5.16 Å². The van der Waals surface area contributed by atoms with Gasteiger partial charge in [0, 0.05) is 11.1 Å². The molecule has 0 fully saturated rings. The fourth-order valence-electron chi connectivity index (χ4n) is 3.20. The van der Waals surface area contributed by atoms with Crippen LogP contribution in [0.3, 0.4) is 0 Å². The molecule has 0 amide bonds. The van der Waals surface area contributed by atoms with E-state index in [1.54, 1.807) is 19.1 Å². The Kier molecular flexibility index (Phi) is 3.58. The number of ketones is 1. The zero-order chi connectivity index (χ0) is 17.4. The van der Waals surface area contributed by atoms with E-state index in [4.69, 9.17) is 4.52 Å². The van der Waals surface area contributed by atoms with Crippen LogP contribution in [0, 0.1) is 6.92 Å². The van der Waals surface area contributed by atoms with Crippen molar-refractivity contribution < 1.29 is 9.32 Å². The highest BCUT2D eigenvalue weighted by atomic mass is 16.5. The highest BCUT2D eigenvalue weighted by Crippen LogP contribution is 2.36. The normalized spacial score (nSPS) is 15.2. The molecule has 4 nitrogen and oxygen atoms in total. The van der Waals surface area contributed by atoms with E-state index in [1.807, 2.05) is 54.6 Å². The minimum Gasteiger partial charge on any atom is -0.338 e. The Morgan fingerprint density at radius 3 is 2.36 bits per heavy atom. The zero-order valence-electron chi connectivity index (χ0n) is 13.6. The summed E-state index contributed by atoms with van der Waals surface area (Å²) >= 11 is 0. The summed E-state index contributed by atoms with van der Waals surface area (Å²) in [5.74, 6) is -0.127. The Balaban J connectivity index is 2.15. The van der Waals surface area contributed by atoms with Gasteiger partial charge < -0.3 is 4.52 Å². The van der Waals surface area contributed by atoms with Gasteiger partial charge in [-0.3, -0.25) is 4.79 Å². The third-order valence-corrected chi connectivity index (χ3v) is 4.33. The van der Waals surface area contributed by atoms with Crippen molar-refractivity contribution in [3.63, 3.8) is 0 Å². The highest BCUT2D eigenvalue weighted by Gasteiger charge is 2.26. The lowest BCUT2D eigenvalue weighted by Crippen LogP contribution is -2.12. The Hall–Kier alpha value is -3.40. The molecule has 0 aliphatic heterocycles. The molecule has 3 aromatic rings. The monoisotopic (exact) mass is 329 g/mol. The molecule has 1 aliphatic carbocycles. The van der Waals surface area contributed by atoms with Gasteiger partial charge in [-0.2, -0.15) is 0 Å². The molecule has 4 rings (SSSR count). The van der Waals surface area contributed by atoms with Crippen molar-refractivity contribution in [2.75, 3.05) is 0 Å². The summed E-state index contributed by atoms with van der Waals surface area (Å²) in [4.78, 5) is 25.2. The molecule has 0 saturated heterocycles. The van der Waals surface area contributed by atoms with Gasteiger partial charge >= 0.3 is 5.63 Å². The Morgan fingerprint density at radius 1 is 0.920 bits per heavy atom. The number of allylic oxidation sites excluding steroid dienone is 2. The molecule has 0 spiro atoms. The van der Waals surface area contributed by atoms with E-state index in [0.717, 1.165) is 16.7 Å². The summed E-state index contributed by atoms with van der Waals surface area (Å²) in [6.07, 6.45) is 3.35. The summed E-state index contributed by atoms with van der Waals surface area (Å²) in [6, 6.07) is 17.1. The van der Waals surface area contributed by atoms with Gasteiger partial charge in [-0.05, 0) is 29.7 Å². The van der Waals surface area contributed by atoms with Crippen LogP contribution in [0.4, 0.5) is 0 Å². The number of hydrogen-bond acceptors (Lipinski definition) is 3. The standard InChI is InChI=1S/C21H15NO3/c1-13-18(21(24)25-22-13)19(15-8-3-2-4-9-15)20-16-10-6-5-7-14(16)11-12-17(20)23/h2-12,22H,1H3/b20-19-. The van der Waals surface area contributed by atoms with Crippen LogP contribution in [0.1, 0.15) is 27.9 Å². The predicted molar refractivity (Wildman–Crippen MR) is 96.9 cm³/mol. The van der Waals surface area contributed by atoms with Crippen LogP contribution in [-0.2, 0) is 4.79 Å². The van der Waals surface area contributed by atoms with E-state index < -0.39 is 5.63 Å². The first-order chi connectivity index (χ1) is 12.2. The van der Waals surface area contributed by atoms with Crippen LogP contribution in [0.15, 0.2) is 70.0 Å². The lowest BCUT2D eigenvalue weighted by Gasteiger charge is -2.18. The molecular formula is C21H15NO3. The molecular weight excluding hydrogens is 314 g/mol. The largest absolute Gasteiger partial charge is 0.365 e. The molecule has 0 unspecified atom stereocenters. The summed E-state index contributed by atoms with van der Waals surface area (Å²) in [7, 11) is 0. The number of benzene rings is 2. The first-order valence-electron chi connectivity index (χ1n) is 7.97. The van der Waals surface area contributed by atoms with Gasteiger partial charge in [-0.25, -0.2) is 9.95 Å². The minimum atomic E-state index is -0.483. The third kappa shape index (κ3) is 2.48. The summed E-state index contributed by atoms with van der Waals surface area (Å²) < 4.78 is 4.97. The van der Waals surface area contributed by atoms with Gasteiger partial charge in [-0.1, -0.05) is 60.7 Å². The Morgan fingerprint density at radius 2 is 1.64 bits per heavy atom. The minimum absolute atomic E-state index is 0.127. The van der Waals surface area contributed by atoms with E-state index in [1.165, 1.54) is 0 Å². The average molecular weight is 329 g/mol. The second-order valence-corrected chi connectivity index (χ2v) is 5.89. The molecule has 1 aromatic heterocycles. The number of carbonyl (C=O) groups is 1. The van der Waals surface area contributed by atoms with E-state index in [-0.39, 0.29) is 5.78 Å². The number of aryl methyl sites for hydroxylation is 1. The molecule has 1 heterocycles. The summed E-state index contributed by atoms with van der Waals surface area (Å²) in [6.45, 7) is 1.76. The third-order valence-electron chi connectivity index (χ3n) is 4.33. The molecule has 1 aliphatic rings. The van der Waals surface area contributed by atoms with Crippen molar-refractivity contribution in [3.05, 3.63) is 99.0 Å². The molecule has 4 heteroatoms. The predicted octanol–water partition coefficient (Wildman–Crippen LogP) is 3.83. The van der Waals surface area contributed by atoms with Gasteiger partial charge in [-0.15, -0.1) is 0 Å². The second kappa shape index (κ2) is 5.91. The first-order valence-corrected chi connectivity index (χ1v) is 7.97. The quantitative estimate of drug-likeness (QED) is 0.727. The summed E-state index contributed by atoms with van der Waals surface area (Å²) in [5, 5.41) is 2.61. The topological polar surface area (TPSA) is 63.1 Å². The number of aromatic amines is 1. The van der Waals surface area contributed by atoms with Gasteiger partial charge in [0.05, 0.1) is 11.3 Å². The van der Waals surface area contributed by atoms with Gasteiger partial charge in [0.1, 0.15) is 0 Å². The molecule has 1 N–H and O–H groups in total. The molecule has 0 radical (unpaired) electrons. The van der Waals surface area contributed by atoms with Crippen LogP contribution < -0.4 is 5.63 Å². The fraction of sp³-hybridized carbons (Fsp3) is 0.0476. The lowest BCUT2D eigenvalue weighted by molar-refractivity contribution is -0.109. The van der Waals surface area contributed by atoms with Gasteiger partial charge in [0.25, 0.3) is 0 Å². The van der Waals surface area contributed by atoms with Crippen molar-refractivity contribution in [3.8, 4) is 0 Å². The van der Waals surface area contributed by atoms with Crippen molar-refractivity contribution in [1.29, 1.82) is 0 Å².